The second-order valence-electron chi connectivity index (χ2n) is 7.37. The number of fused-ring (bicyclic) bond motifs is 2. The Bertz CT molecular complexity index is 1290. The van der Waals surface area contributed by atoms with Crippen molar-refractivity contribution in [3.63, 3.8) is 0 Å². The van der Waals surface area contributed by atoms with Crippen LogP contribution < -0.4 is 15.6 Å². The summed E-state index contributed by atoms with van der Waals surface area (Å²) in [6.07, 6.45) is 2.66. The number of nitrogens with zero attached hydrogens (tertiary/aromatic N) is 2. The Hall–Kier alpha value is -3.94. The van der Waals surface area contributed by atoms with Gasteiger partial charge < -0.3 is 15.2 Å². The Balaban J connectivity index is 1.73. The van der Waals surface area contributed by atoms with Gasteiger partial charge >= 0.3 is 5.97 Å². The molecule has 2 N–H and O–H groups in total. The number of rotatable bonds is 5. The van der Waals surface area contributed by atoms with Crippen LogP contribution in [0.4, 0.5) is 5.69 Å². The molecule has 8 nitrogen and oxygen atoms in total. The van der Waals surface area contributed by atoms with E-state index in [0.29, 0.717) is 35.4 Å². The van der Waals surface area contributed by atoms with Gasteiger partial charge in [0.25, 0.3) is 5.56 Å². The Kier molecular flexibility index (Phi) is 5.29. The van der Waals surface area contributed by atoms with Crippen molar-refractivity contribution >= 4 is 40.1 Å². The lowest BCUT2D eigenvalue weighted by atomic mass is 10.1. The Morgan fingerprint density at radius 1 is 1.26 bits per heavy atom. The van der Waals surface area contributed by atoms with Gasteiger partial charge in [-0.25, -0.2) is 4.98 Å². The number of hydrogen-bond acceptors (Lipinski definition) is 5. The molecule has 0 saturated heterocycles. The summed E-state index contributed by atoms with van der Waals surface area (Å²) in [7, 11) is 1.61. The number of carboxylic acids is 1. The average molecular weight is 419 g/mol. The number of carbonyl (C=O) groups is 2. The molecule has 2 heterocycles. The van der Waals surface area contributed by atoms with E-state index in [1.807, 2.05) is 30.3 Å². The zero-order valence-corrected chi connectivity index (χ0v) is 17.1. The Morgan fingerprint density at radius 2 is 2.06 bits per heavy atom. The lowest BCUT2D eigenvalue weighted by Gasteiger charge is -2.10. The van der Waals surface area contributed by atoms with Crippen molar-refractivity contribution in [2.24, 2.45) is 5.92 Å². The van der Waals surface area contributed by atoms with Gasteiger partial charge in [-0.05, 0) is 60.9 Å². The van der Waals surface area contributed by atoms with Crippen molar-refractivity contribution in [2.75, 3.05) is 12.4 Å². The molecule has 3 aromatic rings. The van der Waals surface area contributed by atoms with E-state index >= 15 is 0 Å². The summed E-state index contributed by atoms with van der Waals surface area (Å²) >= 11 is 0. The number of allylic oxidation sites excluding steroid dienone is 1. The molecule has 4 rings (SSSR count). The number of hydrogen-bond donors (Lipinski definition) is 2. The first kappa shape index (κ1) is 20.3. The summed E-state index contributed by atoms with van der Waals surface area (Å²) < 4.78 is 6.92. The first-order valence-electron chi connectivity index (χ1n) is 9.80. The number of benzene rings is 2. The molecule has 0 saturated carbocycles. The van der Waals surface area contributed by atoms with E-state index < -0.39 is 17.8 Å². The maximum atomic E-state index is 13.0. The van der Waals surface area contributed by atoms with Gasteiger partial charge in [0.15, 0.2) is 0 Å². The number of amides is 1. The molecule has 2 aromatic carbocycles. The lowest BCUT2D eigenvalue weighted by Crippen LogP contribution is -2.27. The van der Waals surface area contributed by atoms with E-state index in [9.17, 15) is 14.4 Å². The molecule has 158 valence electrons. The number of ether oxygens (including phenoxy) is 1. The third-order valence-corrected chi connectivity index (χ3v) is 5.31. The molecule has 1 aromatic heterocycles. The zero-order chi connectivity index (χ0) is 22.1. The minimum atomic E-state index is -1.21. The largest absolute Gasteiger partial charge is 0.497 e. The Morgan fingerprint density at radius 3 is 2.81 bits per heavy atom. The highest BCUT2D eigenvalue weighted by atomic mass is 16.5. The van der Waals surface area contributed by atoms with Crippen molar-refractivity contribution < 1.29 is 19.4 Å². The first-order valence-corrected chi connectivity index (χ1v) is 9.80. The standard InChI is InChI=1S/C23H21N3O5/c1-13(23(29)30)21(27)24-16-6-7-18-19(12-16)25-20-15(8-9-26(20)22(18)28)10-14-4-3-5-17(11-14)31-2/h3-7,10-13H,8-9H2,1-2H3,(H,24,27)(H,29,30). The van der Waals surface area contributed by atoms with Crippen LogP contribution in [0.15, 0.2) is 47.3 Å². The minimum absolute atomic E-state index is 0.147. The highest BCUT2D eigenvalue weighted by Gasteiger charge is 2.23. The monoisotopic (exact) mass is 419 g/mol. The summed E-state index contributed by atoms with van der Waals surface area (Å²) in [5.74, 6) is -1.70. The fraction of sp³-hybridized carbons (Fsp3) is 0.217. The molecule has 1 aliphatic heterocycles. The number of carboxylic acid groups (broad SMARTS) is 1. The van der Waals surface area contributed by atoms with Crippen molar-refractivity contribution in [1.82, 2.24) is 9.55 Å². The van der Waals surface area contributed by atoms with Crippen LogP contribution in [0.1, 0.15) is 24.7 Å². The quantitative estimate of drug-likeness (QED) is 0.615. The molecule has 0 aliphatic carbocycles. The third kappa shape index (κ3) is 3.92. The van der Waals surface area contributed by atoms with Crippen molar-refractivity contribution in [1.29, 1.82) is 0 Å². The third-order valence-electron chi connectivity index (χ3n) is 5.31. The van der Waals surface area contributed by atoms with Crippen molar-refractivity contribution in [2.45, 2.75) is 19.9 Å². The molecule has 1 amide bonds. The second kappa shape index (κ2) is 8.06. The minimum Gasteiger partial charge on any atom is -0.497 e. The molecular weight excluding hydrogens is 398 g/mol. The topological polar surface area (TPSA) is 111 Å². The molecule has 1 unspecified atom stereocenters. The van der Waals surface area contributed by atoms with E-state index in [0.717, 1.165) is 16.9 Å². The SMILES string of the molecule is COc1cccc(C=C2CCn3c2nc2cc(NC(=O)C(C)C(=O)O)ccc2c3=O)c1. The number of nitrogens with one attached hydrogen (secondary N) is 1. The summed E-state index contributed by atoms with van der Waals surface area (Å²) in [4.78, 5) is 40.7. The number of aromatic nitrogens is 2. The van der Waals surface area contributed by atoms with Crippen LogP contribution in [0.2, 0.25) is 0 Å². The van der Waals surface area contributed by atoms with E-state index in [1.54, 1.807) is 29.9 Å². The van der Waals surface area contributed by atoms with Crippen LogP contribution in [0, 0.1) is 5.92 Å². The fourth-order valence-electron chi connectivity index (χ4n) is 3.53. The molecule has 0 bridgehead atoms. The van der Waals surface area contributed by atoms with Crippen LogP contribution >= 0.6 is 0 Å². The van der Waals surface area contributed by atoms with E-state index in [1.165, 1.54) is 6.92 Å². The average Bonchev–Trinajstić information content (AvgIpc) is 3.15. The number of aliphatic carboxylic acids is 1. The highest BCUT2D eigenvalue weighted by molar-refractivity contribution is 6.04. The summed E-state index contributed by atoms with van der Waals surface area (Å²) in [5, 5.41) is 12.0. The van der Waals surface area contributed by atoms with Gasteiger partial charge in [-0.15, -0.1) is 0 Å². The molecule has 8 heteroatoms. The van der Waals surface area contributed by atoms with Gasteiger partial charge in [0.2, 0.25) is 5.91 Å². The van der Waals surface area contributed by atoms with E-state index in [2.05, 4.69) is 10.3 Å². The molecule has 1 atom stereocenters. The molecule has 0 fully saturated rings. The van der Waals surface area contributed by atoms with Crippen LogP contribution in [-0.4, -0.2) is 33.6 Å². The highest BCUT2D eigenvalue weighted by Crippen LogP contribution is 2.29. The molecule has 1 aliphatic rings. The predicted octanol–water partition coefficient (Wildman–Crippen LogP) is 3.01. The molecule has 31 heavy (non-hydrogen) atoms. The van der Waals surface area contributed by atoms with Gasteiger partial charge in [-0.1, -0.05) is 12.1 Å². The summed E-state index contributed by atoms with van der Waals surface area (Å²) in [5.41, 5.74) is 2.56. The van der Waals surface area contributed by atoms with Gasteiger partial charge in [0.1, 0.15) is 17.5 Å². The predicted molar refractivity (Wildman–Crippen MR) is 117 cm³/mol. The van der Waals surface area contributed by atoms with Gasteiger partial charge in [0.05, 0.1) is 18.0 Å². The van der Waals surface area contributed by atoms with E-state index in [-0.39, 0.29) is 5.56 Å². The number of carbonyl (C=O) groups excluding carboxylic acids is 1. The van der Waals surface area contributed by atoms with Crippen LogP contribution in [0.3, 0.4) is 0 Å². The normalized spacial score (nSPS) is 15.0. The summed E-state index contributed by atoms with van der Waals surface area (Å²) in [6, 6.07) is 12.4. The second-order valence-corrected chi connectivity index (χ2v) is 7.37. The smallest absolute Gasteiger partial charge is 0.315 e. The molecular formula is C23H21N3O5. The van der Waals surface area contributed by atoms with Gasteiger partial charge in [-0.3, -0.25) is 19.0 Å². The van der Waals surface area contributed by atoms with Crippen LogP contribution in [0.5, 0.6) is 5.75 Å². The summed E-state index contributed by atoms with van der Waals surface area (Å²) in [6.45, 7) is 1.85. The number of anilines is 1. The molecule has 0 radical (unpaired) electrons. The lowest BCUT2D eigenvalue weighted by molar-refractivity contribution is -0.144. The van der Waals surface area contributed by atoms with E-state index in [4.69, 9.17) is 9.84 Å². The molecule has 0 spiro atoms. The van der Waals surface area contributed by atoms with Gasteiger partial charge in [-0.2, -0.15) is 0 Å². The first-order chi connectivity index (χ1) is 14.9. The van der Waals surface area contributed by atoms with Crippen LogP contribution in [0.25, 0.3) is 22.6 Å². The van der Waals surface area contributed by atoms with Crippen molar-refractivity contribution in [3.05, 3.63) is 64.2 Å². The van der Waals surface area contributed by atoms with Crippen LogP contribution in [-0.2, 0) is 16.1 Å². The van der Waals surface area contributed by atoms with Gasteiger partial charge in [0, 0.05) is 12.2 Å². The Labute approximate surface area is 177 Å². The zero-order valence-electron chi connectivity index (χ0n) is 17.1. The van der Waals surface area contributed by atoms with Crippen molar-refractivity contribution in [3.8, 4) is 5.75 Å². The maximum absolute atomic E-state index is 13.0. The maximum Gasteiger partial charge on any atom is 0.315 e. The fourth-order valence-corrected chi connectivity index (χ4v) is 3.53. The number of methoxy groups -OCH3 is 1.